The van der Waals surface area contributed by atoms with Crippen molar-refractivity contribution in [2.24, 2.45) is 0 Å². The van der Waals surface area contributed by atoms with Crippen LogP contribution in [0.4, 0.5) is 0 Å². The third kappa shape index (κ3) is 3.43. The molecule has 0 aromatic carbocycles. The summed E-state index contributed by atoms with van der Waals surface area (Å²) < 4.78 is 27.9. The summed E-state index contributed by atoms with van der Waals surface area (Å²) in [6.45, 7) is 1.77. The Kier molecular flexibility index (Phi) is 3.64. The molecule has 0 spiro atoms. The minimum atomic E-state index is -2.74. The minimum Gasteiger partial charge on any atom is -0.378 e. The molecular formula is C10H19NO3S. The second-order valence-electron chi connectivity index (χ2n) is 4.48. The van der Waals surface area contributed by atoms with Crippen molar-refractivity contribution < 1.29 is 13.2 Å². The van der Waals surface area contributed by atoms with E-state index in [2.05, 4.69) is 5.32 Å². The van der Waals surface area contributed by atoms with Crippen molar-refractivity contribution in [2.45, 2.75) is 37.8 Å². The molecule has 0 aromatic heterocycles. The standard InChI is InChI=1S/C10H19NO3S/c12-15(13)7-4-9(8-15)11-5-3-10-2-1-6-14-10/h9-11H,1-8H2. The van der Waals surface area contributed by atoms with Gasteiger partial charge in [-0.2, -0.15) is 0 Å². The molecule has 2 aliphatic heterocycles. The van der Waals surface area contributed by atoms with Gasteiger partial charge in [0.25, 0.3) is 0 Å². The van der Waals surface area contributed by atoms with Crippen LogP contribution in [0.2, 0.25) is 0 Å². The zero-order valence-corrected chi connectivity index (χ0v) is 9.76. The van der Waals surface area contributed by atoms with Crippen LogP contribution in [0, 0.1) is 0 Å². The third-order valence-electron chi connectivity index (χ3n) is 3.16. The fraction of sp³-hybridized carbons (Fsp3) is 1.00. The molecule has 2 rings (SSSR count). The highest BCUT2D eigenvalue weighted by molar-refractivity contribution is 7.91. The molecule has 2 saturated heterocycles. The van der Waals surface area contributed by atoms with Crippen LogP contribution in [0.25, 0.3) is 0 Å². The van der Waals surface area contributed by atoms with Gasteiger partial charge in [0, 0.05) is 12.6 Å². The van der Waals surface area contributed by atoms with Crippen LogP contribution in [0.1, 0.15) is 25.7 Å². The van der Waals surface area contributed by atoms with E-state index in [1.54, 1.807) is 0 Å². The number of hydrogen-bond acceptors (Lipinski definition) is 4. The van der Waals surface area contributed by atoms with E-state index in [1.807, 2.05) is 0 Å². The van der Waals surface area contributed by atoms with Crippen molar-refractivity contribution in [3.63, 3.8) is 0 Å². The molecule has 4 nitrogen and oxygen atoms in total. The van der Waals surface area contributed by atoms with Crippen molar-refractivity contribution in [1.29, 1.82) is 0 Å². The Balaban J connectivity index is 1.62. The predicted molar refractivity (Wildman–Crippen MR) is 58.7 cm³/mol. The van der Waals surface area contributed by atoms with Crippen molar-refractivity contribution in [3.8, 4) is 0 Å². The fourth-order valence-corrected chi connectivity index (χ4v) is 3.98. The first-order valence-corrected chi connectivity index (χ1v) is 7.53. The quantitative estimate of drug-likeness (QED) is 0.760. The second-order valence-corrected chi connectivity index (χ2v) is 6.71. The molecule has 2 atom stereocenters. The largest absolute Gasteiger partial charge is 0.378 e. The van der Waals surface area contributed by atoms with Crippen LogP contribution in [-0.4, -0.2) is 45.2 Å². The van der Waals surface area contributed by atoms with Gasteiger partial charge in [-0.15, -0.1) is 0 Å². The van der Waals surface area contributed by atoms with E-state index < -0.39 is 9.84 Å². The van der Waals surface area contributed by atoms with Crippen molar-refractivity contribution in [2.75, 3.05) is 24.7 Å². The molecule has 0 saturated carbocycles. The Morgan fingerprint density at radius 2 is 2.20 bits per heavy atom. The van der Waals surface area contributed by atoms with Crippen LogP contribution in [0.5, 0.6) is 0 Å². The summed E-state index contributed by atoms with van der Waals surface area (Å²) >= 11 is 0. The molecule has 15 heavy (non-hydrogen) atoms. The molecule has 2 aliphatic rings. The number of sulfone groups is 1. The molecule has 2 unspecified atom stereocenters. The molecule has 0 aliphatic carbocycles. The van der Waals surface area contributed by atoms with E-state index in [0.29, 0.717) is 17.6 Å². The van der Waals surface area contributed by atoms with Gasteiger partial charge in [-0.05, 0) is 32.2 Å². The van der Waals surface area contributed by atoms with E-state index >= 15 is 0 Å². The molecule has 5 heteroatoms. The molecule has 0 aromatic rings. The maximum Gasteiger partial charge on any atom is 0.151 e. The predicted octanol–water partition coefficient (Wildman–Crippen LogP) is 0.332. The van der Waals surface area contributed by atoms with Crippen LogP contribution in [-0.2, 0) is 14.6 Å². The van der Waals surface area contributed by atoms with Gasteiger partial charge in [0.05, 0.1) is 17.6 Å². The maximum absolute atomic E-state index is 11.2. The Labute approximate surface area is 91.3 Å². The molecule has 2 heterocycles. The number of hydrogen-bond donors (Lipinski definition) is 1. The zero-order valence-electron chi connectivity index (χ0n) is 8.94. The molecule has 0 radical (unpaired) electrons. The first-order chi connectivity index (χ1) is 7.16. The molecule has 88 valence electrons. The first-order valence-electron chi connectivity index (χ1n) is 5.71. The van der Waals surface area contributed by atoms with Gasteiger partial charge in [0.1, 0.15) is 0 Å². The van der Waals surface area contributed by atoms with Gasteiger partial charge in [0.2, 0.25) is 0 Å². The average molecular weight is 233 g/mol. The lowest BCUT2D eigenvalue weighted by Gasteiger charge is -2.13. The maximum atomic E-state index is 11.2. The van der Waals surface area contributed by atoms with Crippen LogP contribution < -0.4 is 5.32 Å². The Morgan fingerprint density at radius 1 is 1.33 bits per heavy atom. The molecule has 0 bridgehead atoms. The zero-order chi connectivity index (χ0) is 10.7. The summed E-state index contributed by atoms with van der Waals surface area (Å²) in [5.74, 6) is 0.670. The summed E-state index contributed by atoms with van der Waals surface area (Å²) in [4.78, 5) is 0. The minimum absolute atomic E-state index is 0.177. The number of rotatable bonds is 4. The lowest BCUT2D eigenvalue weighted by atomic mass is 10.2. The lowest BCUT2D eigenvalue weighted by molar-refractivity contribution is 0.104. The van der Waals surface area contributed by atoms with Gasteiger partial charge in [-0.3, -0.25) is 0 Å². The Morgan fingerprint density at radius 3 is 2.80 bits per heavy atom. The van der Waals surface area contributed by atoms with E-state index in [-0.39, 0.29) is 6.04 Å². The highest BCUT2D eigenvalue weighted by Gasteiger charge is 2.27. The first kappa shape index (κ1) is 11.4. The van der Waals surface area contributed by atoms with E-state index in [1.165, 1.54) is 6.42 Å². The van der Waals surface area contributed by atoms with Crippen molar-refractivity contribution in [1.82, 2.24) is 5.32 Å². The highest BCUT2D eigenvalue weighted by Crippen LogP contribution is 2.15. The monoisotopic (exact) mass is 233 g/mol. The molecule has 1 N–H and O–H groups in total. The van der Waals surface area contributed by atoms with Crippen LogP contribution >= 0.6 is 0 Å². The second kappa shape index (κ2) is 4.80. The summed E-state index contributed by atoms with van der Waals surface area (Å²) in [5.41, 5.74) is 0. The Hall–Kier alpha value is -0.130. The summed E-state index contributed by atoms with van der Waals surface area (Å²) in [6.07, 6.45) is 4.51. The fourth-order valence-electron chi connectivity index (χ4n) is 2.28. The summed E-state index contributed by atoms with van der Waals surface area (Å²) in [6, 6.07) is 0.177. The summed E-state index contributed by atoms with van der Waals surface area (Å²) in [5, 5.41) is 3.30. The van der Waals surface area contributed by atoms with Gasteiger partial charge < -0.3 is 10.1 Å². The molecule has 0 amide bonds. The Bertz CT molecular complexity index is 296. The number of nitrogens with one attached hydrogen (secondary N) is 1. The van der Waals surface area contributed by atoms with Gasteiger partial charge in [-0.1, -0.05) is 0 Å². The smallest absolute Gasteiger partial charge is 0.151 e. The molecule has 2 fully saturated rings. The van der Waals surface area contributed by atoms with Crippen molar-refractivity contribution >= 4 is 9.84 Å². The summed E-state index contributed by atoms with van der Waals surface area (Å²) in [7, 11) is -2.74. The van der Waals surface area contributed by atoms with E-state index in [9.17, 15) is 8.42 Å². The van der Waals surface area contributed by atoms with E-state index in [4.69, 9.17) is 4.74 Å². The molecular weight excluding hydrogens is 214 g/mol. The highest BCUT2D eigenvalue weighted by atomic mass is 32.2. The topological polar surface area (TPSA) is 55.4 Å². The van der Waals surface area contributed by atoms with Gasteiger partial charge in [0.15, 0.2) is 9.84 Å². The van der Waals surface area contributed by atoms with Gasteiger partial charge >= 0.3 is 0 Å². The average Bonchev–Trinajstić information content (AvgIpc) is 2.76. The van der Waals surface area contributed by atoms with E-state index in [0.717, 1.165) is 32.4 Å². The van der Waals surface area contributed by atoms with Gasteiger partial charge in [-0.25, -0.2) is 8.42 Å². The van der Waals surface area contributed by atoms with Crippen LogP contribution in [0.15, 0.2) is 0 Å². The van der Waals surface area contributed by atoms with Crippen molar-refractivity contribution in [3.05, 3.63) is 0 Å². The lowest BCUT2D eigenvalue weighted by Crippen LogP contribution is -2.32. The third-order valence-corrected chi connectivity index (χ3v) is 4.92. The normalized spacial score (nSPS) is 34.7. The van der Waals surface area contributed by atoms with Crippen LogP contribution in [0.3, 0.4) is 0 Å². The number of ether oxygens (including phenoxy) is 1. The SMILES string of the molecule is O=S1(=O)CCC(NCCC2CCCO2)C1.